The van der Waals surface area contributed by atoms with Crippen molar-refractivity contribution < 1.29 is 23.9 Å². The predicted octanol–water partition coefficient (Wildman–Crippen LogP) is 1.17. The van der Waals surface area contributed by atoms with E-state index in [4.69, 9.17) is 4.74 Å². The van der Waals surface area contributed by atoms with Crippen LogP contribution in [0.4, 0.5) is 0 Å². The molecule has 25 heavy (non-hydrogen) atoms. The topological polar surface area (TPSA) is 102 Å². The molecule has 0 atom stereocenters. The summed E-state index contributed by atoms with van der Waals surface area (Å²) in [5, 5.41) is 4.85. The number of carbonyl (C=O) groups is 4. The van der Waals surface area contributed by atoms with E-state index >= 15 is 0 Å². The first-order chi connectivity index (χ1) is 12.0. The minimum absolute atomic E-state index is 0.0119. The van der Waals surface area contributed by atoms with Crippen LogP contribution in [0.1, 0.15) is 30.1 Å². The number of carbonyl (C=O) groups excluding carboxylic acids is 4. The van der Waals surface area contributed by atoms with Gasteiger partial charge in [-0.15, -0.1) is 11.8 Å². The van der Waals surface area contributed by atoms with Gasteiger partial charge < -0.3 is 15.4 Å². The Bertz CT molecular complexity index is 616. The number of hydrogen-bond donors (Lipinski definition) is 2. The molecule has 0 spiro atoms. The van der Waals surface area contributed by atoms with Crippen LogP contribution in [-0.4, -0.2) is 49.5 Å². The largest absolute Gasteiger partial charge is 0.456 e. The Morgan fingerprint density at radius 1 is 1.00 bits per heavy atom. The molecule has 7 nitrogen and oxygen atoms in total. The van der Waals surface area contributed by atoms with Gasteiger partial charge in [0.05, 0.1) is 13.0 Å². The second kappa shape index (κ2) is 11.2. The number of ether oxygens (including phenoxy) is 1. The standard InChI is InChI=1S/C17H22N2O5S/c1-3-18-15(21)10-19-16(22)11-24-17(23)9-8-14(20)12-4-6-13(25-2)7-5-12/h4-7H,3,8-11H2,1-2H3,(H,18,21)(H,19,22). The number of amides is 2. The minimum Gasteiger partial charge on any atom is -0.456 e. The summed E-state index contributed by atoms with van der Waals surface area (Å²) in [6.07, 6.45) is 1.85. The van der Waals surface area contributed by atoms with Crippen LogP contribution in [0.25, 0.3) is 0 Å². The average molecular weight is 366 g/mol. The van der Waals surface area contributed by atoms with Crippen molar-refractivity contribution in [3.8, 4) is 0 Å². The molecule has 0 radical (unpaired) electrons. The van der Waals surface area contributed by atoms with Gasteiger partial charge in [0.15, 0.2) is 12.4 Å². The van der Waals surface area contributed by atoms with Crippen LogP contribution < -0.4 is 10.6 Å². The molecule has 1 aromatic rings. The van der Waals surface area contributed by atoms with E-state index < -0.39 is 18.5 Å². The first-order valence-corrected chi connectivity index (χ1v) is 9.05. The van der Waals surface area contributed by atoms with Gasteiger partial charge in [-0.05, 0) is 25.3 Å². The molecule has 0 aliphatic carbocycles. The zero-order valence-electron chi connectivity index (χ0n) is 14.3. The third kappa shape index (κ3) is 8.35. The van der Waals surface area contributed by atoms with Crippen LogP contribution in [0, 0.1) is 0 Å². The third-order valence-corrected chi connectivity index (χ3v) is 3.90. The summed E-state index contributed by atoms with van der Waals surface area (Å²) in [7, 11) is 0. The van der Waals surface area contributed by atoms with Crippen molar-refractivity contribution in [3.63, 3.8) is 0 Å². The van der Waals surface area contributed by atoms with Gasteiger partial charge in [-0.3, -0.25) is 19.2 Å². The Morgan fingerprint density at radius 3 is 2.28 bits per heavy atom. The highest BCUT2D eigenvalue weighted by Crippen LogP contribution is 2.16. The molecule has 0 saturated heterocycles. The number of likely N-dealkylation sites (N-methyl/N-ethyl adjacent to an activating group) is 1. The van der Waals surface area contributed by atoms with Crippen molar-refractivity contribution in [2.75, 3.05) is 26.0 Å². The Hall–Kier alpha value is -2.35. The van der Waals surface area contributed by atoms with Gasteiger partial charge >= 0.3 is 5.97 Å². The molecule has 0 aromatic heterocycles. The molecule has 0 aliphatic heterocycles. The van der Waals surface area contributed by atoms with E-state index in [-0.39, 0.29) is 31.1 Å². The highest BCUT2D eigenvalue weighted by atomic mass is 32.2. The number of benzene rings is 1. The van der Waals surface area contributed by atoms with Gasteiger partial charge in [0.2, 0.25) is 5.91 Å². The Balaban J connectivity index is 2.26. The smallest absolute Gasteiger partial charge is 0.306 e. The molecule has 0 unspecified atom stereocenters. The normalized spacial score (nSPS) is 10.0. The lowest BCUT2D eigenvalue weighted by Gasteiger charge is -2.06. The highest BCUT2D eigenvalue weighted by molar-refractivity contribution is 7.98. The van der Waals surface area contributed by atoms with Crippen LogP contribution in [0.5, 0.6) is 0 Å². The zero-order valence-corrected chi connectivity index (χ0v) is 15.1. The fraction of sp³-hybridized carbons (Fsp3) is 0.412. The van der Waals surface area contributed by atoms with Gasteiger partial charge in [0, 0.05) is 23.4 Å². The van der Waals surface area contributed by atoms with Crippen molar-refractivity contribution in [2.24, 2.45) is 0 Å². The van der Waals surface area contributed by atoms with Crippen molar-refractivity contribution in [3.05, 3.63) is 29.8 Å². The first-order valence-electron chi connectivity index (χ1n) is 7.82. The van der Waals surface area contributed by atoms with Crippen LogP contribution in [0.2, 0.25) is 0 Å². The summed E-state index contributed by atoms with van der Waals surface area (Å²) < 4.78 is 4.78. The molecular formula is C17H22N2O5S. The molecule has 8 heteroatoms. The molecular weight excluding hydrogens is 344 g/mol. The van der Waals surface area contributed by atoms with Crippen molar-refractivity contribution >= 4 is 35.3 Å². The van der Waals surface area contributed by atoms with Crippen LogP contribution in [0.3, 0.4) is 0 Å². The molecule has 0 fully saturated rings. The summed E-state index contributed by atoms with van der Waals surface area (Å²) in [6, 6.07) is 7.12. The van der Waals surface area contributed by atoms with Crippen LogP contribution >= 0.6 is 11.8 Å². The molecule has 2 amide bonds. The molecule has 1 aromatic carbocycles. The number of ketones is 1. The van der Waals surface area contributed by atoms with E-state index in [1.165, 1.54) is 0 Å². The summed E-state index contributed by atoms with van der Waals surface area (Å²) in [5.41, 5.74) is 0.533. The molecule has 1 rings (SSSR count). The molecule has 136 valence electrons. The molecule has 2 N–H and O–H groups in total. The zero-order chi connectivity index (χ0) is 18.7. The SMILES string of the molecule is CCNC(=O)CNC(=O)COC(=O)CCC(=O)c1ccc(SC)cc1. The van der Waals surface area contributed by atoms with Crippen LogP contribution in [0.15, 0.2) is 29.2 Å². The van der Waals surface area contributed by atoms with E-state index in [9.17, 15) is 19.2 Å². The predicted molar refractivity (Wildman–Crippen MR) is 94.4 cm³/mol. The summed E-state index contributed by atoms with van der Waals surface area (Å²) in [6.45, 7) is 1.58. The van der Waals surface area contributed by atoms with Gasteiger partial charge in [0.1, 0.15) is 0 Å². The van der Waals surface area contributed by atoms with Gasteiger partial charge in [-0.2, -0.15) is 0 Å². The lowest BCUT2D eigenvalue weighted by atomic mass is 10.1. The maximum absolute atomic E-state index is 12.0. The summed E-state index contributed by atoms with van der Waals surface area (Å²) in [5.74, 6) is -1.69. The van der Waals surface area contributed by atoms with E-state index in [1.807, 2.05) is 18.4 Å². The van der Waals surface area contributed by atoms with Gasteiger partial charge in [-0.1, -0.05) is 12.1 Å². The fourth-order valence-electron chi connectivity index (χ4n) is 1.84. The summed E-state index contributed by atoms with van der Waals surface area (Å²) in [4.78, 5) is 47.2. The number of thioether (sulfide) groups is 1. The quantitative estimate of drug-likeness (QED) is 0.366. The van der Waals surface area contributed by atoms with Crippen molar-refractivity contribution in [1.82, 2.24) is 10.6 Å². The number of Topliss-reactive ketones (excluding diaryl/α,β-unsaturated/α-hetero) is 1. The lowest BCUT2D eigenvalue weighted by molar-refractivity contribution is -0.148. The molecule has 0 saturated carbocycles. The molecule has 0 heterocycles. The summed E-state index contributed by atoms with van der Waals surface area (Å²) >= 11 is 1.58. The minimum atomic E-state index is -0.637. The second-order valence-electron chi connectivity index (χ2n) is 5.04. The number of hydrogen-bond acceptors (Lipinski definition) is 6. The van der Waals surface area contributed by atoms with Crippen molar-refractivity contribution in [2.45, 2.75) is 24.7 Å². The van der Waals surface area contributed by atoms with Crippen LogP contribution in [-0.2, 0) is 19.1 Å². The average Bonchev–Trinajstić information content (AvgIpc) is 2.63. The van der Waals surface area contributed by atoms with E-state index in [2.05, 4.69) is 10.6 Å². The lowest BCUT2D eigenvalue weighted by Crippen LogP contribution is -2.38. The molecule has 0 bridgehead atoms. The Kier molecular flexibility index (Phi) is 9.31. The van der Waals surface area contributed by atoms with Gasteiger partial charge in [-0.25, -0.2) is 0 Å². The number of rotatable bonds is 10. The monoisotopic (exact) mass is 366 g/mol. The number of nitrogens with one attached hydrogen (secondary N) is 2. The Morgan fingerprint density at radius 2 is 1.68 bits per heavy atom. The van der Waals surface area contributed by atoms with Crippen molar-refractivity contribution in [1.29, 1.82) is 0 Å². The van der Waals surface area contributed by atoms with E-state index in [1.54, 1.807) is 30.8 Å². The fourth-order valence-corrected chi connectivity index (χ4v) is 2.25. The van der Waals surface area contributed by atoms with Gasteiger partial charge in [0.25, 0.3) is 5.91 Å². The molecule has 0 aliphatic rings. The first kappa shape index (κ1) is 20.7. The highest BCUT2D eigenvalue weighted by Gasteiger charge is 2.12. The van der Waals surface area contributed by atoms with E-state index in [0.29, 0.717) is 12.1 Å². The maximum Gasteiger partial charge on any atom is 0.306 e. The third-order valence-electron chi connectivity index (χ3n) is 3.15. The Labute approximate surface area is 150 Å². The maximum atomic E-state index is 12.0. The number of esters is 1. The second-order valence-corrected chi connectivity index (χ2v) is 5.92. The van der Waals surface area contributed by atoms with E-state index in [0.717, 1.165) is 4.90 Å².